The number of ether oxygens (including phenoxy) is 1. The summed E-state index contributed by atoms with van der Waals surface area (Å²) >= 11 is 0. The third-order valence-corrected chi connectivity index (χ3v) is 3.77. The summed E-state index contributed by atoms with van der Waals surface area (Å²) in [4.78, 5) is 16.9. The zero-order chi connectivity index (χ0) is 16.8. The number of methoxy groups -OCH3 is 1. The first-order valence-electron chi connectivity index (χ1n) is 7.73. The lowest BCUT2D eigenvalue weighted by Crippen LogP contribution is -2.27. The third kappa shape index (κ3) is 3.81. The van der Waals surface area contributed by atoms with Crippen molar-refractivity contribution in [3.8, 4) is 5.88 Å². The van der Waals surface area contributed by atoms with Crippen LogP contribution in [0.1, 0.15) is 11.6 Å². The molecule has 2 aromatic heterocycles. The lowest BCUT2D eigenvalue weighted by atomic mass is 10.1. The molecule has 1 N–H and O–H groups in total. The molecule has 0 aliphatic carbocycles. The quantitative estimate of drug-likeness (QED) is 0.758. The van der Waals surface area contributed by atoms with Gasteiger partial charge >= 0.3 is 0 Å². The molecular weight excluding hydrogens is 302 g/mol. The summed E-state index contributed by atoms with van der Waals surface area (Å²) in [6, 6.07) is 17.0. The van der Waals surface area contributed by atoms with Crippen LogP contribution in [0.3, 0.4) is 0 Å². The number of anilines is 1. The zero-order valence-electron chi connectivity index (χ0n) is 13.4. The van der Waals surface area contributed by atoms with E-state index in [9.17, 15) is 4.79 Å². The molecule has 24 heavy (non-hydrogen) atoms. The standard InChI is InChI=1S/C19H19N3O2/c1-24-18-10-9-16(14-20-18)21-19(23)17(22-11-5-6-12-22)13-15-7-3-2-4-8-15/h2-12,14,17H,13H2,1H3,(H,21,23)/t17-/m0/s1. The number of nitrogens with one attached hydrogen (secondary N) is 1. The number of hydrogen-bond donors (Lipinski definition) is 1. The number of carbonyl (C=O) groups is 1. The van der Waals surface area contributed by atoms with Gasteiger partial charge in [0.1, 0.15) is 6.04 Å². The van der Waals surface area contributed by atoms with Crippen molar-refractivity contribution < 1.29 is 9.53 Å². The molecule has 2 heterocycles. The number of benzene rings is 1. The minimum Gasteiger partial charge on any atom is -0.481 e. The molecule has 0 unspecified atom stereocenters. The largest absolute Gasteiger partial charge is 0.481 e. The van der Waals surface area contributed by atoms with Crippen molar-refractivity contribution in [3.63, 3.8) is 0 Å². The van der Waals surface area contributed by atoms with Gasteiger partial charge in [-0.1, -0.05) is 30.3 Å². The highest BCUT2D eigenvalue weighted by atomic mass is 16.5. The SMILES string of the molecule is COc1ccc(NC(=O)[C@H](Cc2ccccc2)n2cccc2)cn1. The molecule has 122 valence electrons. The van der Waals surface area contributed by atoms with Crippen LogP contribution in [0.25, 0.3) is 0 Å². The van der Waals surface area contributed by atoms with Gasteiger partial charge in [-0.15, -0.1) is 0 Å². The van der Waals surface area contributed by atoms with Crippen LogP contribution in [0.15, 0.2) is 73.2 Å². The van der Waals surface area contributed by atoms with Gasteiger partial charge in [0.25, 0.3) is 0 Å². The predicted molar refractivity (Wildman–Crippen MR) is 93.0 cm³/mol. The van der Waals surface area contributed by atoms with Crippen molar-refractivity contribution >= 4 is 11.6 Å². The van der Waals surface area contributed by atoms with Crippen molar-refractivity contribution in [2.24, 2.45) is 0 Å². The highest BCUT2D eigenvalue weighted by molar-refractivity contribution is 5.93. The van der Waals surface area contributed by atoms with Gasteiger partial charge in [-0.05, 0) is 23.8 Å². The van der Waals surface area contributed by atoms with Crippen molar-refractivity contribution in [2.45, 2.75) is 12.5 Å². The first-order chi connectivity index (χ1) is 11.8. The Morgan fingerprint density at radius 3 is 2.50 bits per heavy atom. The van der Waals surface area contributed by atoms with Gasteiger partial charge in [0.15, 0.2) is 0 Å². The highest BCUT2D eigenvalue weighted by Gasteiger charge is 2.20. The lowest BCUT2D eigenvalue weighted by Gasteiger charge is -2.19. The van der Waals surface area contributed by atoms with Gasteiger partial charge in [0.05, 0.1) is 19.0 Å². The second kappa shape index (κ2) is 7.46. The fourth-order valence-corrected chi connectivity index (χ4v) is 2.53. The van der Waals surface area contributed by atoms with Crippen LogP contribution in [0.5, 0.6) is 5.88 Å². The van der Waals surface area contributed by atoms with Crippen LogP contribution < -0.4 is 10.1 Å². The monoisotopic (exact) mass is 321 g/mol. The number of carbonyl (C=O) groups excluding carboxylic acids is 1. The number of nitrogens with zero attached hydrogens (tertiary/aromatic N) is 2. The van der Waals surface area contributed by atoms with Crippen LogP contribution >= 0.6 is 0 Å². The second-order valence-electron chi connectivity index (χ2n) is 5.41. The smallest absolute Gasteiger partial charge is 0.247 e. The summed E-state index contributed by atoms with van der Waals surface area (Å²) in [5, 5.41) is 2.92. The van der Waals surface area contributed by atoms with E-state index >= 15 is 0 Å². The average Bonchev–Trinajstić information content (AvgIpc) is 3.15. The first-order valence-corrected chi connectivity index (χ1v) is 7.73. The van der Waals surface area contributed by atoms with Crippen molar-refractivity contribution in [2.75, 3.05) is 12.4 Å². The van der Waals surface area contributed by atoms with Gasteiger partial charge in [-0.25, -0.2) is 4.98 Å². The molecule has 0 bridgehead atoms. The van der Waals surface area contributed by atoms with E-state index in [0.717, 1.165) is 5.56 Å². The lowest BCUT2D eigenvalue weighted by molar-refractivity contribution is -0.119. The zero-order valence-corrected chi connectivity index (χ0v) is 13.4. The molecule has 1 atom stereocenters. The van der Waals surface area contributed by atoms with E-state index in [-0.39, 0.29) is 11.9 Å². The summed E-state index contributed by atoms with van der Waals surface area (Å²) in [5.41, 5.74) is 1.75. The Morgan fingerprint density at radius 2 is 1.88 bits per heavy atom. The fourth-order valence-electron chi connectivity index (χ4n) is 2.53. The van der Waals surface area contributed by atoms with Gasteiger partial charge in [-0.3, -0.25) is 4.79 Å². The van der Waals surface area contributed by atoms with Crippen molar-refractivity contribution in [1.82, 2.24) is 9.55 Å². The second-order valence-corrected chi connectivity index (χ2v) is 5.41. The summed E-state index contributed by atoms with van der Waals surface area (Å²) in [6.45, 7) is 0. The van der Waals surface area contributed by atoms with Crippen LogP contribution in [0.4, 0.5) is 5.69 Å². The number of rotatable bonds is 6. The molecule has 5 heteroatoms. The molecule has 0 aliphatic rings. The molecule has 0 spiro atoms. The molecule has 3 aromatic rings. The molecule has 1 aromatic carbocycles. The number of amides is 1. The molecule has 0 saturated carbocycles. The van der Waals surface area contributed by atoms with Gasteiger partial charge in [-0.2, -0.15) is 0 Å². The maximum absolute atomic E-state index is 12.8. The van der Waals surface area contributed by atoms with Gasteiger partial charge in [0.2, 0.25) is 11.8 Å². The van der Waals surface area contributed by atoms with E-state index in [2.05, 4.69) is 10.3 Å². The summed E-state index contributed by atoms with van der Waals surface area (Å²) in [5.74, 6) is 0.432. The Balaban J connectivity index is 1.78. The molecule has 0 aliphatic heterocycles. The molecule has 0 radical (unpaired) electrons. The summed E-state index contributed by atoms with van der Waals surface area (Å²) in [6.07, 6.45) is 6.01. The Labute approximate surface area is 140 Å². The number of pyridine rings is 1. The van der Waals surface area contributed by atoms with E-state index in [1.54, 1.807) is 25.4 Å². The van der Waals surface area contributed by atoms with E-state index < -0.39 is 0 Å². The van der Waals surface area contributed by atoms with Crippen molar-refractivity contribution in [3.05, 3.63) is 78.8 Å². The summed E-state index contributed by atoms with van der Waals surface area (Å²) < 4.78 is 6.95. The van der Waals surface area contributed by atoms with E-state index in [1.807, 2.05) is 59.4 Å². The number of hydrogen-bond acceptors (Lipinski definition) is 3. The Bertz CT molecular complexity index is 768. The molecular formula is C19H19N3O2. The van der Waals surface area contributed by atoms with E-state index in [1.165, 1.54) is 0 Å². The minimum atomic E-state index is -0.329. The van der Waals surface area contributed by atoms with Gasteiger partial charge in [0, 0.05) is 24.9 Å². The number of aromatic nitrogens is 2. The van der Waals surface area contributed by atoms with Crippen LogP contribution in [-0.2, 0) is 11.2 Å². The maximum Gasteiger partial charge on any atom is 0.247 e. The maximum atomic E-state index is 12.8. The van der Waals surface area contributed by atoms with E-state index in [4.69, 9.17) is 4.74 Å². The van der Waals surface area contributed by atoms with Crippen LogP contribution in [-0.4, -0.2) is 22.6 Å². The Morgan fingerprint density at radius 1 is 1.12 bits per heavy atom. The minimum absolute atomic E-state index is 0.0815. The fraction of sp³-hybridized carbons (Fsp3) is 0.158. The average molecular weight is 321 g/mol. The Hall–Kier alpha value is -3.08. The molecule has 0 fully saturated rings. The van der Waals surface area contributed by atoms with Gasteiger partial charge < -0.3 is 14.6 Å². The van der Waals surface area contributed by atoms with Crippen LogP contribution in [0.2, 0.25) is 0 Å². The highest BCUT2D eigenvalue weighted by Crippen LogP contribution is 2.18. The summed E-state index contributed by atoms with van der Waals surface area (Å²) in [7, 11) is 1.56. The third-order valence-electron chi connectivity index (χ3n) is 3.77. The normalized spacial score (nSPS) is 11.7. The first kappa shape index (κ1) is 15.8. The Kier molecular flexibility index (Phi) is 4.91. The molecule has 0 saturated heterocycles. The van der Waals surface area contributed by atoms with Crippen molar-refractivity contribution in [1.29, 1.82) is 0 Å². The molecule has 1 amide bonds. The molecule has 5 nitrogen and oxygen atoms in total. The topological polar surface area (TPSA) is 56.1 Å². The van der Waals surface area contributed by atoms with Crippen LogP contribution in [0, 0.1) is 0 Å². The van der Waals surface area contributed by atoms with E-state index in [0.29, 0.717) is 18.0 Å². The predicted octanol–water partition coefficient (Wildman–Crippen LogP) is 3.31. The molecule has 3 rings (SSSR count).